The predicted octanol–water partition coefficient (Wildman–Crippen LogP) is 3.20. The third-order valence-corrected chi connectivity index (χ3v) is 4.16. The zero-order chi connectivity index (χ0) is 14.6. The third kappa shape index (κ3) is 4.60. The minimum absolute atomic E-state index is 0.281. The van der Waals surface area contributed by atoms with Crippen molar-refractivity contribution in [3.63, 3.8) is 0 Å². The molecule has 0 amide bonds. The molecule has 0 saturated heterocycles. The molecule has 0 radical (unpaired) electrons. The summed E-state index contributed by atoms with van der Waals surface area (Å²) in [4.78, 5) is 0. The molecule has 2 rings (SSSR count). The smallest absolute Gasteiger partial charge is 0.0640 e. The van der Waals surface area contributed by atoms with Crippen molar-refractivity contribution in [2.45, 2.75) is 77.8 Å². The van der Waals surface area contributed by atoms with E-state index in [9.17, 15) is 0 Å². The second-order valence-electron chi connectivity index (χ2n) is 7.41. The summed E-state index contributed by atoms with van der Waals surface area (Å²) in [5.41, 5.74) is 4.38. The average molecular weight is 278 g/mol. The molecule has 0 spiro atoms. The first-order valence-corrected chi connectivity index (χ1v) is 7.98. The molecule has 1 atom stereocenters. The standard InChI is InChI=1S/C16H30N4/c1-16(2,3)12-14(18-17)11-13-9-10-20(19-13)15-7-5-4-6-8-15/h9-10,14-15,18H,4-8,11-12,17H2,1-3H3. The Morgan fingerprint density at radius 2 is 2.05 bits per heavy atom. The summed E-state index contributed by atoms with van der Waals surface area (Å²) in [6.45, 7) is 6.74. The molecule has 1 aromatic rings. The Kier molecular flexibility index (Phi) is 5.22. The van der Waals surface area contributed by atoms with Crippen molar-refractivity contribution in [1.29, 1.82) is 0 Å². The largest absolute Gasteiger partial charge is 0.271 e. The van der Waals surface area contributed by atoms with Gasteiger partial charge in [0.2, 0.25) is 0 Å². The van der Waals surface area contributed by atoms with E-state index in [1.54, 1.807) is 0 Å². The molecule has 3 N–H and O–H groups in total. The Hall–Kier alpha value is -0.870. The molecule has 1 saturated carbocycles. The molecular formula is C16H30N4. The normalized spacial score (nSPS) is 19.2. The van der Waals surface area contributed by atoms with E-state index < -0.39 is 0 Å². The Morgan fingerprint density at radius 3 is 2.65 bits per heavy atom. The van der Waals surface area contributed by atoms with Crippen LogP contribution in [0.2, 0.25) is 0 Å². The van der Waals surface area contributed by atoms with Gasteiger partial charge in [-0.15, -0.1) is 0 Å². The first-order chi connectivity index (χ1) is 9.48. The van der Waals surface area contributed by atoms with Gasteiger partial charge in [-0.2, -0.15) is 5.10 Å². The lowest BCUT2D eigenvalue weighted by molar-refractivity contribution is 0.304. The van der Waals surface area contributed by atoms with Crippen LogP contribution in [0.4, 0.5) is 0 Å². The van der Waals surface area contributed by atoms with E-state index in [0.717, 1.165) is 18.5 Å². The van der Waals surface area contributed by atoms with E-state index in [4.69, 9.17) is 10.9 Å². The molecule has 1 fully saturated rings. The van der Waals surface area contributed by atoms with Crippen molar-refractivity contribution in [2.75, 3.05) is 0 Å². The second kappa shape index (κ2) is 6.72. The van der Waals surface area contributed by atoms with Crippen molar-refractivity contribution in [3.05, 3.63) is 18.0 Å². The fourth-order valence-corrected chi connectivity index (χ4v) is 3.22. The number of nitrogens with one attached hydrogen (secondary N) is 1. The Balaban J connectivity index is 1.94. The molecule has 4 heteroatoms. The van der Waals surface area contributed by atoms with Gasteiger partial charge < -0.3 is 0 Å². The number of aromatic nitrogens is 2. The van der Waals surface area contributed by atoms with E-state index in [2.05, 4.69) is 43.1 Å². The third-order valence-electron chi connectivity index (χ3n) is 4.16. The lowest BCUT2D eigenvalue weighted by Gasteiger charge is -2.25. The highest BCUT2D eigenvalue weighted by Gasteiger charge is 2.20. The summed E-state index contributed by atoms with van der Waals surface area (Å²) < 4.78 is 2.18. The maximum atomic E-state index is 5.69. The lowest BCUT2D eigenvalue weighted by Crippen LogP contribution is -2.39. The molecule has 0 aliphatic heterocycles. The van der Waals surface area contributed by atoms with Crippen LogP contribution in [-0.2, 0) is 6.42 Å². The Bertz CT molecular complexity index is 399. The zero-order valence-electron chi connectivity index (χ0n) is 13.2. The van der Waals surface area contributed by atoms with Gasteiger partial charge in [-0.25, -0.2) is 0 Å². The first-order valence-electron chi connectivity index (χ1n) is 7.98. The van der Waals surface area contributed by atoms with E-state index in [1.807, 2.05) is 0 Å². The molecule has 1 heterocycles. The molecule has 0 aromatic carbocycles. The van der Waals surface area contributed by atoms with E-state index in [0.29, 0.717) is 12.1 Å². The zero-order valence-corrected chi connectivity index (χ0v) is 13.2. The summed E-state index contributed by atoms with van der Waals surface area (Å²) >= 11 is 0. The quantitative estimate of drug-likeness (QED) is 0.642. The van der Waals surface area contributed by atoms with Crippen molar-refractivity contribution in [3.8, 4) is 0 Å². The summed E-state index contributed by atoms with van der Waals surface area (Å²) in [5.74, 6) is 5.69. The summed E-state index contributed by atoms with van der Waals surface area (Å²) in [7, 11) is 0. The number of hydrazine groups is 1. The van der Waals surface area contributed by atoms with Gasteiger partial charge in [0.25, 0.3) is 0 Å². The van der Waals surface area contributed by atoms with Gasteiger partial charge >= 0.3 is 0 Å². The molecule has 1 unspecified atom stereocenters. The highest BCUT2D eigenvalue weighted by atomic mass is 15.3. The van der Waals surface area contributed by atoms with Crippen LogP contribution in [0.1, 0.15) is 71.0 Å². The van der Waals surface area contributed by atoms with E-state index in [1.165, 1.54) is 32.1 Å². The monoisotopic (exact) mass is 278 g/mol. The number of hydrogen-bond acceptors (Lipinski definition) is 3. The van der Waals surface area contributed by atoms with Crippen LogP contribution in [0.15, 0.2) is 12.3 Å². The lowest BCUT2D eigenvalue weighted by atomic mass is 9.87. The fourth-order valence-electron chi connectivity index (χ4n) is 3.22. The molecule has 1 aromatic heterocycles. The SMILES string of the molecule is CC(C)(C)CC(Cc1ccn(C2CCCCC2)n1)NN. The van der Waals surface area contributed by atoms with Crippen LogP contribution in [0.5, 0.6) is 0 Å². The number of nitrogens with two attached hydrogens (primary N) is 1. The van der Waals surface area contributed by atoms with Gasteiger partial charge in [0, 0.05) is 18.7 Å². The number of rotatable bonds is 5. The van der Waals surface area contributed by atoms with Gasteiger partial charge in [0.1, 0.15) is 0 Å². The predicted molar refractivity (Wildman–Crippen MR) is 83.2 cm³/mol. The first kappa shape index (κ1) is 15.5. The van der Waals surface area contributed by atoms with Crippen molar-refractivity contribution >= 4 is 0 Å². The summed E-state index contributed by atoms with van der Waals surface area (Å²) in [6.07, 6.45) is 10.7. The van der Waals surface area contributed by atoms with Gasteiger partial charge in [-0.1, -0.05) is 40.0 Å². The number of nitrogens with zero attached hydrogens (tertiary/aromatic N) is 2. The van der Waals surface area contributed by atoms with Crippen LogP contribution < -0.4 is 11.3 Å². The number of hydrogen-bond donors (Lipinski definition) is 2. The molecule has 4 nitrogen and oxygen atoms in total. The molecule has 114 valence electrons. The molecule has 0 bridgehead atoms. The molecular weight excluding hydrogens is 248 g/mol. The van der Waals surface area contributed by atoms with Crippen LogP contribution in [0.3, 0.4) is 0 Å². The van der Waals surface area contributed by atoms with Crippen LogP contribution in [0.25, 0.3) is 0 Å². The molecule has 1 aliphatic carbocycles. The fraction of sp³-hybridized carbons (Fsp3) is 0.812. The summed E-state index contributed by atoms with van der Waals surface area (Å²) in [6, 6.07) is 3.07. The van der Waals surface area contributed by atoms with Gasteiger partial charge in [-0.3, -0.25) is 16.0 Å². The second-order valence-corrected chi connectivity index (χ2v) is 7.41. The van der Waals surface area contributed by atoms with Crippen LogP contribution in [-0.4, -0.2) is 15.8 Å². The minimum atomic E-state index is 0.281. The Labute approximate surface area is 123 Å². The molecule has 20 heavy (non-hydrogen) atoms. The van der Waals surface area contributed by atoms with E-state index in [-0.39, 0.29) is 5.41 Å². The highest BCUT2D eigenvalue weighted by Crippen LogP contribution is 2.28. The minimum Gasteiger partial charge on any atom is -0.271 e. The van der Waals surface area contributed by atoms with Crippen LogP contribution >= 0.6 is 0 Å². The van der Waals surface area contributed by atoms with Gasteiger partial charge in [-0.05, 0) is 30.7 Å². The maximum absolute atomic E-state index is 5.69. The van der Waals surface area contributed by atoms with Crippen molar-refractivity contribution in [2.24, 2.45) is 11.3 Å². The van der Waals surface area contributed by atoms with Crippen molar-refractivity contribution < 1.29 is 0 Å². The summed E-state index contributed by atoms with van der Waals surface area (Å²) in [5, 5.41) is 4.77. The Morgan fingerprint density at radius 1 is 1.35 bits per heavy atom. The van der Waals surface area contributed by atoms with E-state index >= 15 is 0 Å². The van der Waals surface area contributed by atoms with Crippen LogP contribution in [0, 0.1) is 5.41 Å². The molecule has 1 aliphatic rings. The topological polar surface area (TPSA) is 55.9 Å². The van der Waals surface area contributed by atoms with Crippen molar-refractivity contribution in [1.82, 2.24) is 15.2 Å². The van der Waals surface area contributed by atoms with Gasteiger partial charge in [0.15, 0.2) is 0 Å². The van der Waals surface area contributed by atoms with Gasteiger partial charge in [0.05, 0.1) is 11.7 Å². The average Bonchev–Trinajstić information content (AvgIpc) is 2.86. The highest BCUT2D eigenvalue weighted by molar-refractivity contribution is 5.03. The maximum Gasteiger partial charge on any atom is 0.0640 e.